The molecule has 0 spiro atoms. The number of furan rings is 1. The summed E-state index contributed by atoms with van der Waals surface area (Å²) in [7, 11) is 0. The maximum Gasteiger partial charge on any atom is 0.328 e. The van der Waals surface area contributed by atoms with Gasteiger partial charge in [0.15, 0.2) is 16.8 Å². The zero-order valence-electron chi connectivity index (χ0n) is 10.9. The summed E-state index contributed by atoms with van der Waals surface area (Å²) < 4.78 is 10.3. The predicted molar refractivity (Wildman–Crippen MR) is 73.1 cm³/mol. The fourth-order valence-electron chi connectivity index (χ4n) is 2.08. The highest BCUT2D eigenvalue weighted by Gasteiger charge is 2.34. The van der Waals surface area contributed by atoms with Crippen molar-refractivity contribution in [1.29, 1.82) is 0 Å². The van der Waals surface area contributed by atoms with Crippen molar-refractivity contribution in [1.82, 2.24) is 9.88 Å². The fraction of sp³-hybridized carbons (Fsp3) is 0.308. The van der Waals surface area contributed by atoms with Crippen molar-refractivity contribution in [2.75, 3.05) is 19.8 Å². The quantitative estimate of drug-likeness (QED) is 0.919. The van der Waals surface area contributed by atoms with Crippen LogP contribution < -0.4 is 0 Å². The van der Waals surface area contributed by atoms with Gasteiger partial charge in [0.25, 0.3) is 5.91 Å². The van der Waals surface area contributed by atoms with Gasteiger partial charge < -0.3 is 19.2 Å². The molecule has 0 aliphatic carbocycles. The van der Waals surface area contributed by atoms with Crippen molar-refractivity contribution < 1.29 is 23.8 Å². The largest absolute Gasteiger partial charge is 0.480 e. The average Bonchev–Trinajstić information content (AvgIpc) is 3.17. The molecule has 1 unspecified atom stereocenters. The standard InChI is InChI=1S/C13H12N2O5S/c16-12(15-3-5-19-6-9(15)13(17)18)8-7-21-11(14-8)10-2-1-4-20-10/h1-2,4,7,9H,3,5-6H2,(H,17,18). The second-order valence-electron chi connectivity index (χ2n) is 4.44. The molecule has 7 nitrogen and oxygen atoms in total. The van der Waals surface area contributed by atoms with Gasteiger partial charge in [0.1, 0.15) is 5.69 Å². The third-order valence-electron chi connectivity index (χ3n) is 3.13. The number of amides is 1. The summed E-state index contributed by atoms with van der Waals surface area (Å²) in [5, 5.41) is 11.3. The number of aromatic nitrogens is 1. The average molecular weight is 308 g/mol. The van der Waals surface area contributed by atoms with Gasteiger partial charge in [0.05, 0.1) is 19.5 Å². The van der Waals surface area contributed by atoms with Crippen LogP contribution in [0.5, 0.6) is 0 Å². The predicted octanol–water partition coefficient (Wildman–Crippen LogP) is 1.33. The third-order valence-corrected chi connectivity index (χ3v) is 3.99. The van der Waals surface area contributed by atoms with E-state index in [4.69, 9.17) is 14.3 Å². The minimum atomic E-state index is -1.08. The molecule has 21 heavy (non-hydrogen) atoms. The first-order valence-corrected chi connectivity index (χ1v) is 7.15. The van der Waals surface area contributed by atoms with Gasteiger partial charge in [0.2, 0.25) is 0 Å². The van der Waals surface area contributed by atoms with E-state index < -0.39 is 17.9 Å². The smallest absolute Gasteiger partial charge is 0.328 e. The molecule has 1 aliphatic heterocycles. The molecule has 2 aromatic rings. The molecule has 0 bridgehead atoms. The van der Waals surface area contributed by atoms with Gasteiger partial charge in [-0.2, -0.15) is 0 Å². The van der Waals surface area contributed by atoms with E-state index in [2.05, 4.69) is 4.98 Å². The minimum Gasteiger partial charge on any atom is -0.480 e. The Morgan fingerprint density at radius 3 is 3.05 bits per heavy atom. The van der Waals surface area contributed by atoms with Crippen LogP contribution in [0, 0.1) is 0 Å². The van der Waals surface area contributed by atoms with Crippen LogP contribution >= 0.6 is 11.3 Å². The van der Waals surface area contributed by atoms with Crippen molar-refractivity contribution in [2.45, 2.75) is 6.04 Å². The Labute approximate surface area is 123 Å². The summed E-state index contributed by atoms with van der Waals surface area (Å²) in [5.74, 6) is -0.903. The highest BCUT2D eigenvalue weighted by Crippen LogP contribution is 2.25. The molecule has 3 rings (SSSR count). The van der Waals surface area contributed by atoms with E-state index in [1.165, 1.54) is 22.5 Å². The number of rotatable bonds is 3. The minimum absolute atomic E-state index is 0.00372. The van der Waals surface area contributed by atoms with Crippen molar-refractivity contribution >= 4 is 23.2 Å². The van der Waals surface area contributed by atoms with E-state index in [0.717, 1.165) is 0 Å². The SMILES string of the molecule is O=C(O)C1COCCN1C(=O)c1csc(-c2ccco2)n1. The molecular formula is C13H12N2O5S. The number of carbonyl (C=O) groups is 2. The van der Waals surface area contributed by atoms with Crippen LogP contribution in [0.25, 0.3) is 10.8 Å². The van der Waals surface area contributed by atoms with E-state index in [-0.39, 0.29) is 18.8 Å². The molecule has 8 heteroatoms. The van der Waals surface area contributed by atoms with Gasteiger partial charge in [-0.25, -0.2) is 9.78 Å². The molecule has 2 aromatic heterocycles. The number of morpholine rings is 1. The zero-order chi connectivity index (χ0) is 14.8. The van der Waals surface area contributed by atoms with E-state index >= 15 is 0 Å². The normalized spacial score (nSPS) is 18.7. The zero-order valence-corrected chi connectivity index (χ0v) is 11.7. The first-order valence-electron chi connectivity index (χ1n) is 6.28. The van der Waals surface area contributed by atoms with Crippen molar-refractivity contribution in [3.8, 4) is 10.8 Å². The summed E-state index contributed by atoms with van der Waals surface area (Å²) in [6, 6.07) is 2.52. The number of carboxylic acids is 1. The van der Waals surface area contributed by atoms with Gasteiger partial charge in [-0.05, 0) is 12.1 Å². The molecule has 0 saturated carbocycles. The fourth-order valence-corrected chi connectivity index (χ4v) is 2.84. The van der Waals surface area contributed by atoms with Gasteiger partial charge in [-0.3, -0.25) is 4.79 Å². The first kappa shape index (κ1) is 13.8. The topological polar surface area (TPSA) is 92.9 Å². The molecule has 0 aromatic carbocycles. The molecule has 1 atom stereocenters. The van der Waals surface area contributed by atoms with Gasteiger partial charge in [-0.1, -0.05) is 0 Å². The van der Waals surface area contributed by atoms with Crippen LogP contribution in [0.3, 0.4) is 0 Å². The molecule has 1 amide bonds. The van der Waals surface area contributed by atoms with Crippen molar-refractivity contribution in [3.05, 3.63) is 29.5 Å². The summed E-state index contributed by atoms with van der Waals surface area (Å²) in [6.07, 6.45) is 1.53. The number of hydrogen-bond donors (Lipinski definition) is 1. The lowest BCUT2D eigenvalue weighted by Crippen LogP contribution is -2.52. The number of hydrogen-bond acceptors (Lipinski definition) is 6. The van der Waals surface area contributed by atoms with E-state index in [0.29, 0.717) is 17.4 Å². The Morgan fingerprint density at radius 2 is 2.33 bits per heavy atom. The van der Waals surface area contributed by atoms with E-state index in [1.54, 1.807) is 17.5 Å². The number of aliphatic carboxylic acids is 1. The highest BCUT2D eigenvalue weighted by molar-refractivity contribution is 7.13. The third kappa shape index (κ3) is 2.67. The summed E-state index contributed by atoms with van der Waals surface area (Å²) in [5.41, 5.74) is 0.222. The van der Waals surface area contributed by atoms with Gasteiger partial charge in [-0.15, -0.1) is 11.3 Å². The Balaban J connectivity index is 1.83. The maximum atomic E-state index is 12.4. The van der Waals surface area contributed by atoms with Crippen molar-refractivity contribution in [3.63, 3.8) is 0 Å². The van der Waals surface area contributed by atoms with Crippen LogP contribution in [0.2, 0.25) is 0 Å². The Hall–Kier alpha value is -2.19. The lowest BCUT2D eigenvalue weighted by molar-refractivity contribution is -0.147. The first-order chi connectivity index (χ1) is 10.2. The maximum absolute atomic E-state index is 12.4. The van der Waals surface area contributed by atoms with E-state index in [9.17, 15) is 9.59 Å². The molecule has 1 fully saturated rings. The van der Waals surface area contributed by atoms with E-state index in [1.807, 2.05) is 0 Å². The lowest BCUT2D eigenvalue weighted by atomic mass is 10.2. The highest BCUT2D eigenvalue weighted by atomic mass is 32.1. The molecular weight excluding hydrogens is 296 g/mol. The van der Waals surface area contributed by atoms with Crippen LogP contribution in [0.4, 0.5) is 0 Å². The van der Waals surface area contributed by atoms with Crippen molar-refractivity contribution in [2.24, 2.45) is 0 Å². The number of carbonyl (C=O) groups excluding carboxylic acids is 1. The van der Waals surface area contributed by atoms with Crippen LogP contribution in [0.15, 0.2) is 28.2 Å². The second-order valence-corrected chi connectivity index (χ2v) is 5.30. The number of thiazole rings is 1. The summed E-state index contributed by atoms with van der Waals surface area (Å²) >= 11 is 1.28. The molecule has 1 saturated heterocycles. The monoisotopic (exact) mass is 308 g/mol. The summed E-state index contributed by atoms with van der Waals surface area (Å²) in [6.45, 7) is 0.560. The Morgan fingerprint density at radius 1 is 1.48 bits per heavy atom. The number of ether oxygens (including phenoxy) is 1. The molecule has 110 valence electrons. The Kier molecular flexibility index (Phi) is 3.72. The second kappa shape index (κ2) is 5.66. The van der Waals surface area contributed by atoms with Crippen LogP contribution in [-0.4, -0.2) is 52.7 Å². The molecule has 1 aliphatic rings. The molecule has 3 heterocycles. The van der Waals surface area contributed by atoms with Crippen LogP contribution in [-0.2, 0) is 9.53 Å². The Bertz CT molecular complexity index is 651. The van der Waals surface area contributed by atoms with Gasteiger partial charge >= 0.3 is 5.97 Å². The van der Waals surface area contributed by atoms with Gasteiger partial charge in [0, 0.05) is 11.9 Å². The molecule has 1 N–H and O–H groups in total. The number of carboxylic acid groups (broad SMARTS) is 1. The summed E-state index contributed by atoms with van der Waals surface area (Å²) in [4.78, 5) is 29.1. The van der Waals surface area contributed by atoms with Crippen LogP contribution in [0.1, 0.15) is 10.5 Å². The lowest BCUT2D eigenvalue weighted by Gasteiger charge is -2.32. The number of nitrogens with zero attached hydrogens (tertiary/aromatic N) is 2. The molecule has 0 radical (unpaired) electrons.